The van der Waals surface area contributed by atoms with E-state index in [1.807, 2.05) is 0 Å². The fraction of sp³-hybridized carbons (Fsp3) is 0.300. The summed E-state index contributed by atoms with van der Waals surface area (Å²) in [7, 11) is -3.77. The quantitative estimate of drug-likeness (QED) is 0.466. The Morgan fingerprint density at radius 2 is 1.85 bits per heavy atom. The molecule has 1 atom stereocenters. The van der Waals surface area contributed by atoms with Crippen molar-refractivity contribution in [3.8, 4) is 5.75 Å². The van der Waals surface area contributed by atoms with Crippen LogP contribution in [0.1, 0.15) is 0 Å². The molecule has 1 aromatic carbocycles. The lowest BCUT2D eigenvalue weighted by Gasteiger charge is -2.10. The summed E-state index contributed by atoms with van der Waals surface area (Å²) in [6.07, 6.45) is -2.67. The molecule has 0 aliphatic carbocycles. The van der Waals surface area contributed by atoms with Crippen molar-refractivity contribution in [1.82, 2.24) is 0 Å². The van der Waals surface area contributed by atoms with Gasteiger partial charge in [-0.05, 0) is 0 Å². The number of benzene rings is 1. The van der Waals surface area contributed by atoms with Crippen LogP contribution >= 0.6 is 0 Å². The van der Waals surface area contributed by atoms with E-state index in [1.165, 1.54) is 0 Å². The average Bonchev–Trinajstić information content (AvgIpc) is 2.63. The van der Waals surface area contributed by atoms with Gasteiger partial charge in [-0.2, -0.15) is 8.42 Å². The van der Waals surface area contributed by atoms with E-state index in [-0.39, 0.29) is 0 Å². The predicted octanol–water partition coefficient (Wildman–Crippen LogP) is 1.35. The number of hydrogen-bond donors (Lipinski definition) is 0. The Hall–Kier alpha value is -1.81. The highest BCUT2D eigenvalue weighted by molar-refractivity contribution is 7.87. The minimum atomic E-state index is -3.77. The Labute approximate surface area is 111 Å². The van der Waals surface area contributed by atoms with Crippen LogP contribution in [0.3, 0.4) is 0 Å². The van der Waals surface area contributed by atoms with Crippen molar-refractivity contribution in [3.63, 3.8) is 0 Å². The van der Waals surface area contributed by atoms with Crippen molar-refractivity contribution < 1.29 is 40.0 Å². The van der Waals surface area contributed by atoms with E-state index in [2.05, 4.69) is 13.7 Å². The second kappa shape index (κ2) is 5.29. The molecule has 0 saturated carbocycles. The molecule has 1 aliphatic rings. The highest BCUT2D eigenvalue weighted by Gasteiger charge is 2.33. The van der Waals surface area contributed by atoms with Crippen molar-refractivity contribution in [2.75, 3.05) is 12.4 Å². The molecular weight excluding hydrogens is 305 g/mol. The third kappa shape index (κ3) is 3.39. The topological polar surface area (TPSA) is 78.9 Å². The smallest absolute Gasteiger partial charge is 0.427 e. The summed E-state index contributed by atoms with van der Waals surface area (Å²) >= 11 is 0. The van der Waals surface area contributed by atoms with Gasteiger partial charge in [-0.25, -0.2) is 18.0 Å². The molecule has 110 valence electrons. The zero-order valence-electron chi connectivity index (χ0n) is 9.64. The van der Waals surface area contributed by atoms with E-state index in [0.29, 0.717) is 12.1 Å². The van der Waals surface area contributed by atoms with Gasteiger partial charge in [-0.15, -0.1) is 0 Å². The molecule has 0 spiro atoms. The number of carbonyl (C=O) groups excluding carboxylic acids is 1. The van der Waals surface area contributed by atoms with Gasteiger partial charge >= 0.3 is 6.16 Å². The summed E-state index contributed by atoms with van der Waals surface area (Å²) in [5.41, 5.74) is 0. The van der Waals surface area contributed by atoms with E-state index < -0.39 is 57.9 Å². The van der Waals surface area contributed by atoms with Crippen molar-refractivity contribution >= 4 is 16.3 Å². The molecule has 0 bridgehead atoms. The van der Waals surface area contributed by atoms with Crippen LogP contribution < -0.4 is 4.74 Å². The fourth-order valence-electron chi connectivity index (χ4n) is 1.44. The summed E-state index contributed by atoms with van der Waals surface area (Å²) in [5.74, 6) is -5.78. The molecule has 10 heteroatoms. The lowest BCUT2D eigenvalue weighted by Crippen LogP contribution is -2.24. The van der Waals surface area contributed by atoms with Gasteiger partial charge in [-0.3, -0.25) is 4.18 Å². The number of halogens is 3. The van der Waals surface area contributed by atoms with Gasteiger partial charge in [-0.1, -0.05) is 0 Å². The molecule has 20 heavy (non-hydrogen) atoms. The third-order valence-corrected chi connectivity index (χ3v) is 3.51. The van der Waals surface area contributed by atoms with Gasteiger partial charge in [0.1, 0.15) is 24.3 Å². The van der Waals surface area contributed by atoms with Gasteiger partial charge in [0.15, 0.2) is 11.6 Å². The number of ether oxygens (including phenoxy) is 2. The average molecular weight is 312 g/mol. The fourth-order valence-corrected chi connectivity index (χ4v) is 2.52. The maximum absolute atomic E-state index is 13.2. The Balaban J connectivity index is 2.02. The monoisotopic (exact) mass is 312 g/mol. The Morgan fingerprint density at radius 1 is 1.25 bits per heavy atom. The molecule has 0 radical (unpaired) electrons. The van der Waals surface area contributed by atoms with Crippen molar-refractivity contribution in [2.45, 2.75) is 6.10 Å². The summed E-state index contributed by atoms with van der Waals surface area (Å²) in [4.78, 5) is 11.2. The van der Waals surface area contributed by atoms with Gasteiger partial charge in [0.25, 0.3) is 10.1 Å². The molecular formula is C10H7F3O6S. The van der Waals surface area contributed by atoms with Gasteiger partial charge in [0, 0.05) is 12.1 Å². The van der Waals surface area contributed by atoms with Crippen molar-refractivity contribution in [1.29, 1.82) is 0 Å². The molecule has 2 rings (SSSR count). The van der Waals surface area contributed by atoms with Crippen LogP contribution in [0, 0.1) is 17.5 Å². The second-order valence-electron chi connectivity index (χ2n) is 3.80. The molecule has 0 N–H and O–H groups in total. The molecule has 1 unspecified atom stereocenters. The first-order valence-corrected chi connectivity index (χ1v) is 6.75. The SMILES string of the molecule is O=C(Oc1c(F)cc(F)cc1F)OC1COS(=O)(=O)C1. The molecule has 0 amide bonds. The van der Waals surface area contributed by atoms with Crippen LogP contribution in [0.4, 0.5) is 18.0 Å². The molecule has 1 heterocycles. The van der Waals surface area contributed by atoms with Gasteiger partial charge < -0.3 is 9.47 Å². The van der Waals surface area contributed by atoms with Crippen LogP contribution in [0.25, 0.3) is 0 Å². The zero-order valence-corrected chi connectivity index (χ0v) is 10.5. The van der Waals surface area contributed by atoms with Crippen LogP contribution in [-0.2, 0) is 19.0 Å². The first-order chi connectivity index (χ1) is 9.27. The van der Waals surface area contributed by atoms with Gasteiger partial charge in [0.05, 0.1) is 0 Å². The predicted molar refractivity (Wildman–Crippen MR) is 57.0 cm³/mol. The number of carbonyl (C=O) groups is 1. The minimum absolute atomic E-state index is 0.314. The van der Waals surface area contributed by atoms with E-state index in [0.717, 1.165) is 0 Å². The highest BCUT2D eigenvalue weighted by Crippen LogP contribution is 2.23. The summed E-state index contributed by atoms with van der Waals surface area (Å²) in [6, 6.07) is 0.629. The lowest BCUT2D eigenvalue weighted by molar-refractivity contribution is 0.0551. The van der Waals surface area contributed by atoms with E-state index in [9.17, 15) is 26.4 Å². The molecule has 1 saturated heterocycles. The highest BCUT2D eigenvalue weighted by atomic mass is 32.2. The van der Waals surface area contributed by atoms with Crippen LogP contribution in [0.5, 0.6) is 5.75 Å². The third-order valence-electron chi connectivity index (χ3n) is 2.23. The first kappa shape index (κ1) is 14.6. The molecule has 1 aromatic rings. The standard InChI is InChI=1S/C10H7F3O6S/c11-5-1-7(12)9(8(13)2-5)19-10(14)18-6-3-17-20(15,16)4-6/h1-2,6H,3-4H2. The maximum Gasteiger partial charge on any atom is 0.514 e. The minimum Gasteiger partial charge on any atom is -0.427 e. The second-order valence-corrected chi connectivity index (χ2v) is 5.48. The van der Waals surface area contributed by atoms with Gasteiger partial charge in [0.2, 0.25) is 5.75 Å². The summed E-state index contributed by atoms with van der Waals surface area (Å²) in [6.45, 7) is -0.411. The maximum atomic E-state index is 13.2. The van der Waals surface area contributed by atoms with E-state index >= 15 is 0 Å². The largest absolute Gasteiger partial charge is 0.514 e. The first-order valence-electron chi connectivity index (χ1n) is 5.17. The number of rotatable bonds is 2. The normalized spacial score (nSPS) is 20.6. The van der Waals surface area contributed by atoms with Crippen LogP contribution in [0.15, 0.2) is 12.1 Å². The number of hydrogen-bond acceptors (Lipinski definition) is 6. The molecule has 1 fully saturated rings. The molecule has 0 aromatic heterocycles. The van der Waals surface area contributed by atoms with Crippen LogP contribution in [0.2, 0.25) is 0 Å². The Morgan fingerprint density at radius 3 is 2.35 bits per heavy atom. The van der Waals surface area contributed by atoms with Crippen LogP contribution in [-0.4, -0.2) is 33.0 Å². The van der Waals surface area contributed by atoms with E-state index in [1.54, 1.807) is 0 Å². The van der Waals surface area contributed by atoms with Crippen molar-refractivity contribution in [2.24, 2.45) is 0 Å². The Kier molecular flexibility index (Phi) is 3.86. The Bertz CT molecular complexity index is 621. The lowest BCUT2D eigenvalue weighted by atomic mass is 10.3. The molecule has 1 aliphatic heterocycles. The van der Waals surface area contributed by atoms with E-state index in [4.69, 9.17) is 0 Å². The molecule has 6 nitrogen and oxygen atoms in total. The zero-order chi connectivity index (χ0) is 14.9. The van der Waals surface area contributed by atoms with Crippen molar-refractivity contribution in [3.05, 3.63) is 29.6 Å². The summed E-state index contributed by atoms with van der Waals surface area (Å²) in [5, 5.41) is 0. The summed E-state index contributed by atoms with van der Waals surface area (Å²) < 4.78 is 73.8.